The van der Waals surface area contributed by atoms with Crippen molar-refractivity contribution >= 4 is 5.97 Å². The standard InChI is InChI=1S/C9H16O2/c1-2-8(9(10)11)7-5-3-4-6-7/h7-8H,2-6H2,1H3,(H,10,11)/t8-/m1/s1. The minimum atomic E-state index is -0.598. The van der Waals surface area contributed by atoms with Gasteiger partial charge in [-0.25, -0.2) is 0 Å². The van der Waals surface area contributed by atoms with Gasteiger partial charge in [-0.1, -0.05) is 19.8 Å². The summed E-state index contributed by atoms with van der Waals surface area (Å²) in [5.41, 5.74) is 0. The summed E-state index contributed by atoms with van der Waals surface area (Å²) < 4.78 is 0. The molecule has 0 aliphatic heterocycles. The van der Waals surface area contributed by atoms with Crippen LogP contribution in [-0.4, -0.2) is 11.1 Å². The molecule has 0 unspecified atom stereocenters. The van der Waals surface area contributed by atoms with Crippen LogP contribution < -0.4 is 0 Å². The lowest BCUT2D eigenvalue weighted by Gasteiger charge is -2.16. The fourth-order valence-electron chi connectivity index (χ4n) is 2.07. The molecule has 1 saturated carbocycles. The van der Waals surface area contributed by atoms with Gasteiger partial charge in [-0.05, 0) is 25.2 Å². The van der Waals surface area contributed by atoms with Crippen molar-refractivity contribution in [2.24, 2.45) is 11.8 Å². The van der Waals surface area contributed by atoms with E-state index in [9.17, 15) is 4.79 Å². The maximum absolute atomic E-state index is 10.7. The zero-order valence-corrected chi connectivity index (χ0v) is 7.05. The number of carboxylic acids is 1. The predicted octanol–water partition coefficient (Wildman–Crippen LogP) is 2.29. The first kappa shape index (κ1) is 8.57. The van der Waals surface area contributed by atoms with Gasteiger partial charge in [0.15, 0.2) is 0 Å². The van der Waals surface area contributed by atoms with E-state index in [1.165, 1.54) is 12.8 Å². The predicted molar refractivity (Wildman–Crippen MR) is 43.4 cm³/mol. The zero-order chi connectivity index (χ0) is 8.27. The van der Waals surface area contributed by atoms with E-state index in [0.717, 1.165) is 19.3 Å². The molecule has 1 rings (SSSR count). The van der Waals surface area contributed by atoms with E-state index in [4.69, 9.17) is 5.11 Å². The molecule has 0 aromatic heterocycles. The van der Waals surface area contributed by atoms with Crippen LogP contribution in [0.25, 0.3) is 0 Å². The molecular weight excluding hydrogens is 140 g/mol. The van der Waals surface area contributed by atoms with Gasteiger partial charge in [-0.2, -0.15) is 0 Å². The van der Waals surface area contributed by atoms with E-state index >= 15 is 0 Å². The van der Waals surface area contributed by atoms with Crippen LogP contribution in [0.5, 0.6) is 0 Å². The summed E-state index contributed by atoms with van der Waals surface area (Å²) >= 11 is 0. The number of rotatable bonds is 3. The third-order valence-corrected chi connectivity index (χ3v) is 2.73. The van der Waals surface area contributed by atoms with Gasteiger partial charge in [0.1, 0.15) is 0 Å². The topological polar surface area (TPSA) is 37.3 Å². The molecule has 0 radical (unpaired) electrons. The van der Waals surface area contributed by atoms with Crippen LogP contribution in [-0.2, 0) is 4.79 Å². The number of carboxylic acid groups (broad SMARTS) is 1. The summed E-state index contributed by atoms with van der Waals surface area (Å²) in [7, 11) is 0. The van der Waals surface area contributed by atoms with Crippen molar-refractivity contribution in [3.05, 3.63) is 0 Å². The molecule has 0 aromatic carbocycles. The van der Waals surface area contributed by atoms with E-state index in [0.29, 0.717) is 5.92 Å². The molecule has 64 valence electrons. The highest BCUT2D eigenvalue weighted by atomic mass is 16.4. The van der Waals surface area contributed by atoms with E-state index in [-0.39, 0.29) is 5.92 Å². The second-order valence-electron chi connectivity index (χ2n) is 3.40. The Kier molecular flexibility index (Phi) is 2.92. The highest BCUT2D eigenvalue weighted by Crippen LogP contribution is 2.32. The number of aliphatic carboxylic acids is 1. The summed E-state index contributed by atoms with van der Waals surface area (Å²) in [5, 5.41) is 8.83. The Morgan fingerprint density at radius 1 is 1.55 bits per heavy atom. The third-order valence-electron chi connectivity index (χ3n) is 2.73. The van der Waals surface area contributed by atoms with Gasteiger partial charge in [0.05, 0.1) is 5.92 Å². The number of hydrogen-bond donors (Lipinski definition) is 1. The first-order valence-electron chi connectivity index (χ1n) is 4.48. The van der Waals surface area contributed by atoms with Gasteiger partial charge in [0.2, 0.25) is 0 Å². The van der Waals surface area contributed by atoms with Gasteiger partial charge in [0, 0.05) is 0 Å². The molecular formula is C9H16O2. The van der Waals surface area contributed by atoms with Crippen LogP contribution in [0.3, 0.4) is 0 Å². The molecule has 0 spiro atoms. The van der Waals surface area contributed by atoms with Crippen molar-refractivity contribution < 1.29 is 9.90 Å². The molecule has 2 nitrogen and oxygen atoms in total. The normalized spacial score (nSPS) is 21.9. The summed E-state index contributed by atoms with van der Waals surface area (Å²) in [6, 6.07) is 0. The van der Waals surface area contributed by atoms with Crippen molar-refractivity contribution in [1.29, 1.82) is 0 Å². The SMILES string of the molecule is CC[C@@H](C(=O)O)C1CCCC1. The van der Waals surface area contributed by atoms with Gasteiger partial charge in [-0.15, -0.1) is 0 Å². The van der Waals surface area contributed by atoms with E-state index in [1.807, 2.05) is 6.92 Å². The summed E-state index contributed by atoms with van der Waals surface area (Å²) in [6.07, 6.45) is 5.51. The minimum Gasteiger partial charge on any atom is -0.481 e. The number of carbonyl (C=O) groups is 1. The molecule has 1 aliphatic rings. The van der Waals surface area contributed by atoms with Gasteiger partial charge in [0.25, 0.3) is 0 Å². The van der Waals surface area contributed by atoms with Gasteiger partial charge >= 0.3 is 5.97 Å². The molecule has 0 aromatic rings. The largest absolute Gasteiger partial charge is 0.481 e. The molecule has 0 amide bonds. The molecule has 2 heteroatoms. The van der Waals surface area contributed by atoms with Crippen LogP contribution in [0.4, 0.5) is 0 Å². The van der Waals surface area contributed by atoms with Crippen molar-refractivity contribution in [3.8, 4) is 0 Å². The first-order chi connectivity index (χ1) is 5.25. The maximum Gasteiger partial charge on any atom is 0.306 e. The fourth-order valence-corrected chi connectivity index (χ4v) is 2.07. The Hall–Kier alpha value is -0.530. The van der Waals surface area contributed by atoms with E-state index in [1.54, 1.807) is 0 Å². The maximum atomic E-state index is 10.7. The highest BCUT2D eigenvalue weighted by Gasteiger charge is 2.28. The van der Waals surface area contributed by atoms with E-state index < -0.39 is 5.97 Å². The van der Waals surface area contributed by atoms with Gasteiger partial charge < -0.3 is 5.11 Å². The Bertz CT molecular complexity index is 136. The second kappa shape index (κ2) is 3.74. The summed E-state index contributed by atoms with van der Waals surface area (Å²) in [5.74, 6) is -0.200. The smallest absolute Gasteiger partial charge is 0.306 e. The molecule has 0 saturated heterocycles. The average Bonchev–Trinajstić information content (AvgIpc) is 2.40. The average molecular weight is 156 g/mol. The molecule has 11 heavy (non-hydrogen) atoms. The van der Waals surface area contributed by atoms with Crippen LogP contribution in [0.15, 0.2) is 0 Å². The quantitative estimate of drug-likeness (QED) is 0.680. The molecule has 1 fully saturated rings. The molecule has 0 heterocycles. The van der Waals surface area contributed by atoms with Crippen molar-refractivity contribution in [1.82, 2.24) is 0 Å². The molecule has 1 aliphatic carbocycles. The Morgan fingerprint density at radius 3 is 2.45 bits per heavy atom. The van der Waals surface area contributed by atoms with Crippen molar-refractivity contribution in [2.45, 2.75) is 39.0 Å². The highest BCUT2D eigenvalue weighted by molar-refractivity contribution is 5.70. The number of hydrogen-bond acceptors (Lipinski definition) is 1. The lowest BCUT2D eigenvalue weighted by atomic mass is 9.89. The van der Waals surface area contributed by atoms with Crippen LogP contribution in [0, 0.1) is 11.8 Å². The van der Waals surface area contributed by atoms with Crippen LogP contribution >= 0.6 is 0 Å². The van der Waals surface area contributed by atoms with Crippen LogP contribution in [0.1, 0.15) is 39.0 Å². The molecule has 1 N–H and O–H groups in total. The molecule has 1 atom stereocenters. The van der Waals surface area contributed by atoms with Crippen molar-refractivity contribution in [2.75, 3.05) is 0 Å². The van der Waals surface area contributed by atoms with Crippen LogP contribution in [0.2, 0.25) is 0 Å². The van der Waals surface area contributed by atoms with Gasteiger partial charge in [-0.3, -0.25) is 4.79 Å². The first-order valence-corrected chi connectivity index (χ1v) is 4.48. The summed E-state index contributed by atoms with van der Waals surface area (Å²) in [4.78, 5) is 10.7. The summed E-state index contributed by atoms with van der Waals surface area (Å²) in [6.45, 7) is 1.97. The second-order valence-corrected chi connectivity index (χ2v) is 3.40. The monoisotopic (exact) mass is 156 g/mol. The molecule has 0 bridgehead atoms. The zero-order valence-electron chi connectivity index (χ0n) is 7.05. The Balaban J connectivity index is 2.46. The minimum absolute atomic E-state index is 0.0718. The third kappa shape index (κ3) is 1.95. The fraction of sp³-hybridized carbons (Fsp3) is 0.889. The van der Waals surface area contributed by atoms with E-state index in [2.05, 4.69) is 0 Å². The van der Waals surface area contributed by atoms with Crippen molar-refractivity contribution in [3.63, 3.8) is 0 Å². The Morgan fingerprint density at radius 2 is 2.09 bits per heavy atom. The lowest BCUT2D eigenvalue weighted by molar-refractivity contribution is -0.143. The lowest BCUT2D eigenvalue weighted by Crippen LogP contribution is -2.20. The Labute approximate surface area is 67.6 Å².